The molecule has 0 spiro atoms. The lowest BCUT2D eigenvalue weighted by molar-refractivity contribution is -0.118. The lowest BCUT2D eigenvalue weighted by Crippen LogP contribution is -1.96. The Kier molecular flexibility index (Phi) is 3.61. The molecular formula is C9H15N3O. The maximum Gasteiger partial charge on any atom is 0.132 e. The lowest BCUT2D eigenvalue weighted by Gasteiger charge is -1.94. The molecule has 1 rings (SSSR count). The molecule has 0 radical (unpaired) electrons. The van der Waals surface area contributed by atoms with E-state index in [1.807, 2.05) is 20.2 Å². The topological polar surface area (TPSA) is 47.8 Å². The first-order valence-corrected chi connectivity index (χ1v) is 4.59. The predicted molar refractivity (Wildman–Crippen MR) is 49.2 cm³/mol. The van der Waals surface area contributed by atoms with Gasteiger partial charge in [0.2, 0.25) is 0 Å². The predicted octanol–water partition coefficient (Wildman–Crippen LogP) is 1.12. The molecule has 0 aliphatic rings. The van der Waals surface area contributed by atoms with Crippen molar-refractivity contribution in [2.45, 2.75) is 32.6 Å². The Morgan fingerprint density at radius 2 is 2.38 bits per heavy atom. The van der Waals surface area contributed by atoms with Gasteiger partial charge in [-0.05, 0) is 12.8 Å². The molecule has 13 heavy (non-hydrogen) atoms. The summed E-state index contributed by atoms with van der Waals surface area (Å²) >= 11 is 0. The van der Waals surface area contributed by atoms with Crippen LogP contribution < -0.4 is 0 Å². The monoisotopic (exact) mass is 181 g/mol. The highest BCUT2D eigenvalue weighted by Gasteiger charge is 2.01. The van der Waals surface area contributed by atoms with E-state index in [1.165, 1.54) is 0 Å². The van der Waals surface area contributed by atoms with Gasteiger partial charge >= 0.3 is 0 Å². The Hall–Kier alpha value is -1.19. The van der Waals surface area contributed by atoms with Gasteiger partial charge < -0.3 is 0 Å². The van der Waals surface area contributed by atoms with Gasteiger partial charge in [0.05, 0.1) is 5.69 Å². The number of hydrogen-bond acceptors (Lipinski definition) is 3. The average molecular weight is 181 g/mol. The molecule has 4 nitrogen and oxygen atoms in total. The van der Waals surface area contributed by atoms with Crippen LogP contribution >= 0.6 is 0 Å². The summed E-state index contributed by atoms with van der Waals surface area (Å²) in [5, 5.41) is 7.76. The number of carbonyl (C=O) groups excluding carboxylic acids is 1. The van der Waals surface area contributed by atoms with E-state index in [4.69, 9.17) is 0 Å². The first-order chi connectivity index (χ1) is 6.22. The van der Waals surface area contributed by atoms with Crippen molar-refractivity contribution in [3.8, 4) is 0 Å². The fourth-order valence-electron chi connectivity index (χ4n) is 1.15. The third-order valence-electron chi connectivity index (χ3n) is 1.93. The van der Waals surface area contributed by atoms with Crippen molar-refractivity contribution < 1.29 is 4.79 Å². The zero-order valence-electron chi connectivity index (χ0n) is 8.16. The molecule has 0 atom stereocenters. The van der Waals surface area contributed by atoms with Crippen LogP contribution in [0, 0.1) is 0 Å². The average Bonchev–Trinajstić information content (AvgIpc) is 2.51. The number of carbonyl (C=O) groups is 1. The summed E-state index contributed by atoms with van der Waals surface area (Å²) < 4.78 is 1.68. The van der Waals surface area contributed by atoms with Crippen molar-refractivity contribution in [2.24, 2.45) is 7.05 Å². The van der Waals surface area contributed by atoms with Gasteiger partial charge in [-0.3, -0.25) is 9.48 Å². The Morgan fingerprint density at radius 1 is 1.62 bits per heavy atom. The number of ketones is 1. The quantitative estimate of drug-likeness (QED) is 0.683. The summed E-state index contributed by atoms with van der Waals surface area (Å²) in [5.74, 6) is 0.323. The number of nitrogens with zero attached hydrogens (tertiary/aromatic N) is 3. The maximum atomic E-state index is 11.0. The summed E-state index contributed by atoms with van der Waals surface area (Å²) in [6.45, 7) is 1.89. The van der Waals surface area contributed by atoms with Gasteiger partial charge in [-0.2, -0.15) is 0 Å². The molecule has 0 amide bonds. The van der Waals surface area contributed by atoms with E-state index in [0.29, 0.717) is 18.6 Å². The van der Waals surface area contributed by atoms with Crippen LogP contribution in [0.15, 0.2) is 6.20 Å². The van der Waals surface area contributed by atoms with Crippen molar-refractivity contribution in [2.75, 3.05) is 0 Å². The van der Waals surface area contributed by atoms with Crippen molar-refractivity contribution in [3.63, 3.8) is 0 Å². The van der Waals surface area contributed by atoms with Gasteiger partial charge in [0.15, 0.2) is 0 Å². The first kappa shape index (κ1) is 9.89. The zero-order valence-corrected chi connectivity index (χ0v) is 8.16. The molecule has 0 saturated carbocycles. The van der Waals surface area contributed by atoms with Crippen molar-refractivity contribution in [3.05, 3.63) is 11.9 Å². The molecule has 72 valence electrons. The number of aryl methyl sites for hydroxylation is 2. The van der Waals surface area contributed by atoms with Crippen LogP contribution in [0.1, 0.15) is 31.9 Å². The zero-order chi connectivity index (χ0) is 9.68. The van der Waals surface area contributed by atoms with Crippen LogP contribution in [0.4, 0.5) is 0 Å². The van der Waals surface area contributed by atoms with E-state index in [1.54, 1.807) is 4.68 Å². The minimum atomic E-state index is 0.323. The van der Waals surface area contributed by atoms with Gasteiger partial charge in [0.1, 0.15) is 5.78 Å². The molecule has 4 heteroatoms. The second kappa shape index (κ2) is 4.74. The van der Waals surface area contributed by atoms with Crippen LogP contribution in [-0.4, -0.2) is 20.8 Å². The molecule has 1 heterocycles. The normalized spacial score (nSPS) is 10.3. The number of hydrogen-bond donors (Lipinski definition) is 0. The highest BCUT2D eigenvalue weighted by molar-refractivity contribution is 5.77. The lowest BCUT2D eigenvalue weighted by atomic mass is 10.1. The van der Waals surface area contributed by atoms with E-state index < -0.39 is 0 Å². The Bertz CT molecular complexity index is 280. The second-order valence-corrected chi connectivity index (χ2v) is 3.13. The molecule has 0 bridgehead atoms. The highest BCUT2D eigenvalue weighted by atomic mass is 16.1. The van der Waals surface area contributed by atoms with Crippen molar-refractivity contribution in [1.29, 1.82) is 0 Å². The summed E-state index contributed by atoms with van der Waals surface area (Å²) in [5.41, 5.74) is 0.964. The van der Waals surface area contributed by atoms with E-state index >= 15 is 0 Å². The van der Waals surface area contributed by atoms with E-state index in [2.05, 4.69) is 10.3 Å². The Balaban J connectivity index is 2.24. The van der Waals surface area contributed by atoms with Gasteiger partial charge in [0.25, 0.3) is 0 Å². The van der Waals surface area contributed by atoms with Crippen LogP contribution in [-0.2, 0) is 18.3 Å². The van der Waals surface area contributed by atoms with E-state index in [0.717, 1.165) is 18.5 Å². The fraction of sp³-hybridized carbons (Fsp3) is 0.667. The number of Topliss-reactive ketones (excluding diaryl/α,β-unsaturated/α-hetero) is 1. The summed E-state index contributed by atoms with van der Waals surface area (Å²) in [6.07, 6.45) is 4.91. The molecule has 0 unspecified atom stereocenters. The summed E-state index contributed by atoms with van der Waals surface area (Å²) in [4.78, 5) is 11.0. The smallest absolute Gasteiger partial charge is 0.132 e. The molecule has 0 aromatic carbocycles. The van der Waals surface area contributed by atoms with Gasteiger partial charge in [-0.25, -0.2) is 0 Å². The van der Waals surface area contributed by atoms with Gasteiger partial charge in [0, 0.05) is 26.1 Å². The minimum absolute atomic E-state index is 0.323. The first-order valence-electron chi connectivity index (χ1n) is 4.59. The Morgan fingerprint density at radius 3 is 2.92 bits per heavy atom. The molecular weight excluding hydrogens is 166 g/mol. The van der Waals surface area contributed by atoms with Crippen LogP contribution in [0.3, 0.4) is 0 Å². The van der Waals surface area contributed by atoms with Crippen LogP contribution in [0.5, 0.6) is 0 Å². The molecule has 1 aromatic heterocycles. The van der Waals surface area contributed by atoms with Gasteiger partial charge in [-0.1, -0.05) is 12.1 Å². The SMILES string of the molecule is CCC(=O)CCCc1cn(C)nn1. The third-order valence-corrected chi connectivity index (χ3v) is 1.93. The summed E-state index contributed by atoms with van der Waals surface area (Å²) in [7, 11) is 1.84. The molecule has 1 aromatic rings. The second-order valence-electron chi connectivity index (χ2n) is 3.13. The molecule has 0 saturated heterocycles. The Labute approximate surface area is 77.9 Å². The van der Waals surface area contributed by atoms with E-state index in [-0.39, 0.29) is 0 Å². The van der Waals surface area contributed by atoms with Gasteiger partial charge in [-0.15, -0.1) is 5.10 Å². The molecule has 0 N–H and O–H groups in total. The van der Waals surface area contributed by atoms with E-state index in [9.17, 15) is 4.79 Å². The third kappa shape index (κ3) is 3.36. The number of rotatable bonds is 5. The van der Waals surface area contributed by atoms with Crippen molar-refractivity contribution in [1.82, 2.24) is 15.0 Å². The summed E-state index contributed by atoms with van der Waals surface area (Å²) in [6, 6.07) is 0. The van der Waals surface area contributed by atoms with Crippen LogP contribution in [0.25, 0.3) is 0 Å². The molecule has 0 fully saturated rings. The fourth-order valence-corrected chi connectivity index (χ4v) is 1.15. The maximum absolute atomic E-state index is 11.0. The highest BCUT2D eigenvalue weighted by Crippen LogP contribution is 2.01. The van der Waals surface area contributed by atoms with Crippen molar-refractivity contribution >= 4 is 5.78 Å². The molecule has 0 aliphatic carbocycles. The minimum Gasteiger partial charge on any atom is -0.300 e. The van der Waals surface area contributed by atoms with Crippen LogP contribution in [0.2, 0.25) is 0 Å². The molecule has 0 aliphatic heterocycles. The number of aromatic nitrogens is 3. The largest absolute Gasteiger partial charge is 0.300 e. The standard InChI is InChI=1S/C9H15N3O/c1-3-9(13)6-4-5-8-7-12(2)11-10-8/h7H,3-6H2,1-2H3.